The van der Waals surface area contributed by atoms with Crippen LogP contribution in [-0.4, -0.2) is 100 Å². The molecule has 7 aromatic carbocycles. The van der Waals surface area contributed by atoms with Crippen LogP contribution in [0, 0.1) is 10.8 Å². The summed E-state index contributed by atoms with van der Waals surface area (Å²) < 4.78 is 170. The Kier molecular flexibility index (Phi) is 34.9. The van der Waals surface area contributed by atoms with Crippen LogP contribution in [0.3, 0.4) is 0 Å². The molecule has 3 aliphatic rings. The minimum atomic E-state index is -4.66. The zero-order valence-electron chi connectivity index (χ0n) is 50.8. The number of para-hydroxylation sites is 2. The van der Waals surface area contributed by atoms with Crippen LogP contribution in [-0.2, 0) is 20.7 Å². The van der Waals surface area contributed by atoms with Crippen molar-refractivity contribution in [3.05, 3.63) is 215 Å². The minimum Gasteiger partial charge on any atom is -1.00 e. The lowest BCUT2D eigenvalue weighted by molar-refractivity contribution is -0.488. The fourth-order valence-corrected chi connectivity index (χ4v) is 12.4. The van der Waals surface area contributed by atoms with Crippen molar-refractivity contribution in [2.75, 3.05) is 38.7 Å². The van der Waals surface area contributed by atoms with Crippen LogP contribution >= 0.6 is 47.0 Å². The van der Waals surface area contributed by atoms with E-state index < -0.39 is 47.9 Å². The molecule has 0 aliphatic carbocycles. The highest BCUT2D eigenvalue weighted by Gasteiger charge is 2.58. The summed E-state index contributed by atoms with van der Waals surface area (Å²) in [7, 11) is 2.52. The molecule has 0 amide bonds. The van der Waals surface area contributed by atoms with E-state index in [0.717, 1.165) is 24.9 Å². The van der Waals surface area contributed by atoms with Crippen molar-refractivity contribution in [3.63, 3.8) is 0 Å². The van der Waals surface area contributed by atoms with E-state index in [9.17, 15) is 52.7 Å². The summed E-state index contributed by atoms with van der Waals surface area (Å²) in [5, 5.41) is 14.0. The number of methoxy groups -OCH3 is 1. The molecular formula is C66H77B2ClF12N5O4S4. The third-order valence-corrected chi connectivity index (χ3v) is 17.5. The number of halogens is 13. The van der Waals surface area contributed by atoms with Gasteiger partial charge in [0.25, 0.3) is 0 Å². The van der Waals surface area contributed by atoms with Gasteiger partial charge in [-0.15, -0.1) is 47.0 Å². The van der Waals surface area contributed by atoms with Crippen molar-refractivity contribution in [2.45, 2.75) is 121 Å². The van der Waals surface area contributed by atoms with Gasteiger partial charge in [0.05, 0.1) is 0 Å². The Hall–Kier alpha value is -5.74. The number of nitrogens with one attached hydrogen (secondary N) is 2. The van der Waals surface area contributed by atoms with Gasteiger partial charge in [-0.3, -0.25) is 16.6 Å². The predicted molar refractivity (Wildman–Crippen MR) is 356 cm³/mol. The number of alkyl halides is 12. The SMILES string of the molecule is C.C.CCCCB1OC(c2ccccc2)(c2ccccc2)[C@H]2CCCN12.COC(N)(c1ccccc1SC)C(F)(F)F.CSc1ccccc1C(=N)C(F)(F)F.CSc1ccccc1C(=N)C(F)(F)F.CSc1ccccc1[C@@H]([NH3+])C(F)(F)F.[B]1Oc2ccccc2O1.[Cl-]. The van der Waals surface area contributed by atoms with Gasteiger partial charge in [-0.1, -0.05) is 180 Å². The molecule has 3 heterocycles. The first kappa shape index (κ1) is 84.3. The Labute approximate surface area is 567 Å². The van der Waals surface area contributed by atoms with Gasteiger partial charge >= 0.3 is 39.4 Å². The largest absolute Gasteiger partial charge is 1.00 e. The molecule has 0 saturated carbocycles. The van der Waals surface area contributed by atoms with Gasteiger partial charge in [-0.25, -0.2) is 0 Å². The molecule has 1 unspecified atom stereocenters. The van der Waals surface area contributed by atoms with E-state index >= 15 is 0 Å². The quantitative estimate of drug-likeness (QED) is 0.0273. The van der Waals surface area contributed by atoms with Crippen molar-refractivity contribution < 1.29 is 89.5 Å². The number of quaternary nitrogens is 1. The van der Waals surface area contributed by atoms with Crippen molar-refractivity contribution in [2.24, 2.45) is 5.73 Å². The van der Waals surface area contributed by atoms with Crippen molar-refractivity contribution >= 4 is 73.2 Å². The molecule has 28 heteroatoms. The molecule has 2 fully saturated rings. The van der Waals surface area contributed by atoms with Gasteiger partial charge in [-0.05, 0) is 98.3 Å². The van der Waals surface area contributed by atoms with Gasteiger partial charge < -0.3 is 41.7 Å². The summed E-state index contributed by atoms with van der Waals surface area (Å²) in [6, 6.07) is 52.6. The number of fused-ring (bicyclic) bond motifs is 2. The van der Waals surface area contributed by atoms with Crippen LogP contribution in [0.4, 0.5) is 52.7 Å². The number of hydrogen-bond donors (Lipinski definition) is 4. The number of nitrogens with two attached hydrogens (primary N) is 1. The second kappa shape index (κ2) is 38.9. The molecule has 0 aromatic heterocycles. The van der Waals surface area contributed by atoms with Gasteiger partial charge in [0.15, 0.2) is 0 Å². The zero-order chi connectivity index (χ0) is 67.2. The van der Waals surface area contributed by atoms with E-state index in [1.807, 2.05) is 24.3 Å². The molecule has 10 rings (SSSR count). The van der Waals surface area contributed by atoms with E-state index in [1.54, 1.807) is 79.6 Å². The molecule has 0 spiro atoms. The standard InChI is InChI=1S/C21H26BNO.C10H12F3NOS.C9H10F3NS.2C9H8F3NS.C6H4BO2.2CH4.ClH/c1-2-3-16-22-23-17-10-15-20(23)21(24-22,18-11-6-4-7-12-18)19-13-8-5-9-14-19;1-15-9(14,10(11,12)13)7-5-3-4-6-8(7)16-2;3*1-14-7-5-3-2-4-6(7)8(13)9(10,11)12;1-2-4-6-5(3-1)8-7-9-6;;;/h4-9,11-14,20H,2-3,10,15-17H2,1H3;3-6H,14H2,1-2H3;2-5,8H,13H2,1H3;2*2-5,13H,1H3;1-4H;2*1H4;1H/t20-;;8-;;;;;;/m1.1....../s1. The number of unbranched alkanes of at least 4 members (excludes halogenated alkanes) is 1. The summed E-state index contributed by atoms with van der Waals surface area (Å²) in [4.78, 5) is 4.65. The van der Waals surface area contributed by atoms with Gasteiger partial charge in [0.2, 0.25) is 11.8 Å². The van der Waals surface area contributed by atoms with Gasteiger partial charge in [0.1, 0.15) is 28.5 Å². The topological polar surface area (TPSA) is 142 Å². The fourth-order valence-electron chi connectivity index (χ4n) is 9.83. The average Bonchev–Trinajstić information content (AvgIpc) is 1.56. The third kappa shape index (κ3) is 22.1. The Bertz CT molecular complexity index is 3270. The zero-order valence-corrected chi connectivity index (χ0v) is 54.8. The van der Waals surface area contributed by atoms with E-state index in [2.05, 4.69) is 82.9 Å². The summed E-state index contributed by atoms with van der Waals surface area (Å²) >= 11 is 4.89. The fraction of sp³-hybridized carbons (Fsp3) is 0.333. The van der Waals surface area contributed by atoms with Crippen LogP contribution in [0.5, 0.6) is 11.5 Å². The molecule has 94 heavy (non-hydrogen) atoms. The normalized spacial score (nSPS) is 15.2. The second-order valence-electron chi connectivity index (χ2n) is 20.0. The van der Waals surface area contributed by atoms with E-state index in [-0.39, 0.29) is 62.2 Å². The molecule has 0 bridgehead atoms. The maximum atomic E-state index is 12.8. The second-order valence-corrected chi connectivity index (χ2v) is 23.4. The molecule has 7 N–H and O–H groups in total. The monoisotopic (exact) mass is 1420 g/mol. The van der Waals surface area contributed by atoms with Crippen LogP contribution < -0.4 is 33.2 Å². The molecular weight excluding hydrogens is 1340 g/mol. The Balaban J connectivity index is 0.000000391. The smallest absolute Gasteiger partial charge is 0.658 e. The highest BCUT2D eigenvalue weighted by molar-refractivity contribution is 7.99. The molecule has 9 nitrogen and oxygen atoms in total. The minimum absolute atomic E-state index is 0. The Morgan fingerprint density at radius 2 is 1.01 bits per heavy atom. The summed E-state index contributed by atoms with van der Waals surface area (Å²) in [6.45, 7) is 3.43. The predicted octanol–water partition coefficient (Wildman–Crippen LogP) is 15.6. The first-order chi connectivity index (χ1) is 43.1. The van der Waals surface area contributed by atoms with Crippen LogP contribution in [0.2, 0.25) is 6.32 Å². The van der Waals surface area contributed by atoms with Gasteiger partial charge in [-0.2, -0.15) is 52.7 Å². The summed E-state index contributed by atoms with van der Waals surface area (Å²) in [6.07, 6.45) is -5.20. The number of thioether (sulfide) groups is 4. The Morgan fingerprint density at radius 3 is 1.41 bits per heavy atom. The highest BCUT2D eigenvalue weighted by atomic mass is 35.5. The molecule has 3 atom stereocenters. The third-order valence-electron chi connectivity index (χ3n) is 14.3. The van der Waals surface area contributed by atoms with E-state index in [0.29, 0.717) is 25.6 Å². The lowest BCUT2D eigenvalue weighted by atomic mass is 9.75. The molecule has 1 radical (unpaired) electrons. The average molecular weight is 1420 g/mol. The van der Waals surface area contributed by atoms with Crippen LogP contribution in [0.25, 0.3) is 0 Å². The maximum absolute atomic E-state index is 12.8. The number of hydrogen-bond acceptors (Lipinski definition) is 12. The van der Waals surface area contributed by atoms with Gasteiger partial charge in [0, 0.05) is 55.0 Å². The molecule has 2 saturated heterocycles. The number of rotatable bonds is 14. The van der Waals surface area contributed by atoms with Crippen LogP contribution in [0.1, 0.15) is 86.9 Å². The maximum Gasteiger partial charge on any atom is 0.658 e. The molecule has 511 valence electrons. The lowest BCUT2D eigenvalue weighted by Crippen LogP contribution is -3.00. The van der Waals surface area contributed by atoms with Crippen molar-refractivity contribution in [1.29, 1.82) is 10.8 Å². The number of nitrogens with zero attached hydrogens (tertiary/aromatic N) is 1. The molecule has 7 aromatic rings. The van der Waals surface area contributed by atoms with E-state index in [4.69, 9.17) is 30.5 Å². The van der Waals surface area contributed by atoms with Crippen LogP contribution in [0.15, 0.2) is 202 Å². The first-order valence-electron chi connectivity index (χ1n) is 28.0. The van der Waals surface area contributed by atoms with E-state index in [1.165, 1.54) is 141 Å². The highest BCUT2D eigenvalue weighted by Crippen LogP contribution is 2.50. The summed E-state index contributed by atoms with van der Waals surface area (Å²) in [5.74, 6) is 1.58. The summed E-state index contributed by atoms with van der Waals surface area (Å²) in [5.41, 5.74) is 5.45. The first-order valence-corrected chi connectivity index (χ1v) is 32.9. The molecule has 3 aliphatic heterocycles. The van der Waals surface area contributed by atoms with Crippen molar-refractivity contribution in [3.8, 4) is 11.5 Å². The number of ether oxygens (including phenoxy) is 1. The lowest BCUT2D eigenvalue weighted by Gasteiger charge is -2.36. The number of benzene rings is 7. The van der Waals surface area contributed by atoms with Crippen molar-refractivity contribution in [1.82, 2.24) is 4.81 Å². The Morgan fingerprint density at radius 1 is 0.617 bits per heavy atom.